The highest BCUT2D eigenvalue weighted by Gasteiger charge is 2.26. The van der Waals surface area contributed by atoms with E-state index in [1.54, 1.807) is 40.0 Å². The molecule has 0 N–H and O–H groups in total. The Morgan fingerprint density at radius 2 is 1.90 bits per heavy atom. The van der Waals surface area contributed by atoms with Crippen LogP contribution in [0.25, 0.3) is 0 Å². The summed E-state index contributed by atoms with van der Waals surface area (Å²) in [6.07, 6.45) is 0.338. The molecule has 1 amide bonds. The van der Waals surface area contributed by atoms with Gasteiger partial charge in [0.25, 0.3) is 0 Å². The zero-order valence-corrected chi connectivity index (χ0v) is 12.2. The van der Waals surface area contributed by atoms with Gasteiger partial charge in [-0.15, -0.1) is 0 Å². The molecule has 0 aliphatic heterocycles. The summed E-state index contributed by atoms with van der Waals surface area (Å²) < 4.78 is 18.2. The van der Waals surface area contributed by atoms with Crippen LogP contribution in [0.4, 0.5) is 9.18 Å². The molecule has 0 fully saturated rings. The van der Waals surface area contributed by atoms with Crippen molar-refractivity contribution in [2.75, 3.05) is 7.05 Å². The normalized spacial score (nSPS) is 12.7. The Hall–Kier alpha value is -1.91. The Bertz CT molecular complexity index is 465. The largest absolute Gasteiger partial charge is 0.444 e. The van der Waals surface area contributed by atoms with Gasteiger partial charge < -0.3 is 14.4 Å². The molecule has 20 heavy (non-hydrogen) atoms. The van der Waals surface area contributed by atoms with Crippen molar-refractivity contribution in [1.29, 1.82) is 0 Å². The number of nitrogens with zero attached hydrogens (tertiary/aromatic N) is 1. The first-order chi connectivity index (χ1) is 9.24. The highest BCUT2D eigenvalue weighted by atomic mass is 19.1. The maximum Gasteiger partial charge on any atom is 0.410 e. The average molecular weight is 281 g/mol. The van der Waals surface area contributed by atoms with Crippen LogP contribution in [0, 0.1) is 5.82 Å². The van der Waals surface area contributed by atoms with Crippen molar-refractivity contribution in [2.24, 2.45) is 0 Å². The third kappa shape index (κ3) is 4.64. The minimum Gasteiger partial charge on any atom is -0.444 e. The number of benzene rings is 1. The molecule has 0 spiro atoms. The van der Waals surface area contributed by atoms with Gasteiger partial charge in [-0.25, -0.2) is 9.18 Å². The van der Waals surface area contributed by atoms with Crippen molar-refractivity contribution in [3.63, 3.8) is 0 Å². The third-order valence-corrected chi connectivity index (χ3v) is 2.72. The van der Waals surface area contributed by atoms with Gasteiger partial charge in [-0.3, -0.25) is 0 Å². The maximum absolute atomic E-state index is 12.9. The molecular formula is C15H20FNO3. The molecule has 0 heterocycles. The Kier molecular flexibility index (Phi) is 5.25. The molecule has 0 bridgehead atoms. The molecule has 5 heteroatoms. The van der Waals surface area contributed by atoms with Crippen molar-refractivity contribution >= 4 is 12.4 Å². The maximum atomic E-state index is 12.9. The van der Waals surface area contributed by atoms with Crippen molar-refractivity contribution in [2.45, 2.75) is 38.8 Å². The molecule has 1 atom stereocenters. The van der Waals surface area contributed by atoms with E-state index >= 15 is 0 Å². The summed E-state index contributed by atoms with van der Waals surface area (Å²) in [5, 5.41) is 0. The van der Waals surface area contributed by atoms with Crippen molar-refractivity contribution in [3.05, 3.63) is 35.6 Å². The second-order valence-electron chi connectivity index (χ2n) is 5.56. The first-order valence-electron chi connectivity index (χ1n) is 6.39. The number of hydrogen-bond acceptors (Lipinski definition) is 3. The summed E-state index contributed by atoms with van der Waals surface area (Å²) in [6, 6.07) is 5.25. The molecule has 110 valence electrons. The van der Waals surface area contributed by atoms with Crippen molar-refractivity contribution in [1.82, 2.24) is 4.90 Å². The number of amides is 1. The highest BCUT2D eigenvalue weighted by molar-refractivity contribution is 5.69. The zero-order valence-electron chi connectivity index (χ0n) is 12.2. The van der Waals surface area contributed by atoms with Gasteiger partial charge in [-0.1, -0.05) is 12.1 Å². The van der Waals surface area contributed by atoms with E-state index in [1.807, 2.05) is 0 Å². The van der Waals surface area contributed by atoms with Gasteiger partial charge >= 0.3 is 6.09 Å². The second kappa shape index (κ2) is 6.50. The Morgan fingerprint density at radius 1 is 1.35 bits per heavy atom. The summed E-state index contributed by atoms with van der Waals surface area (Å²) in [4.78, 5) is 24.2. The number of carbonyl (C=O) groups is 2. The predicted octanol–water partition coefficient (Wildman–Crippen LogP) is 3.32. The molecule has 1 aromatic carbocycles. The molecule has 0 radical (unpaired) electrons. The van der Waals surface area contributed by atoms with Crippen molar-refractivity contribution < 1.29 is 18.7 Å². The van der Waals surface area contributed by atoms with E-state index in [9.17, 15) is 14.0 Å². The van der Waals surface area contributed by atoms with E-state index in [2.05, 4.69) is 0 Å². The quantitative estimate of drug-likeness (QED) is 0.795. The lowest BCUT2D eigenvalue weighted by molar-refractivity contribution is -0.108. The van der Waals surface area contributed by atoms with Gasteiger partial charge in [0.2, 0.25) is 0 Å². The average Bonchev–Trinajstić information content (AvgIpc) is 2.34. The number of ether oxygens (including phenoxy) is 1. The van der Waals surface area contributed by atoms with E-state index in [-0.39, 0.29) is 12.2 Å². The summed E-state index contributed by atoms with van der Waals surface area (Å²) in [7, 11) is 1.56. The number of hydrogen-bond donors (Lipinski definition) is 0. The minimum atomic E-state index is -0.611. The second-order valence-corrected chi connectivity index (χ2v) is 5.56. The molecule has 0 aliphatic rings. The molecule has 4 nitrogen and oxygen atoms in total. The summed E-state index contributed by atoms with van der Waals surface area (Å²) in [5.41, 5.74) is 0.0757. The summed E-state index contributed by atoms with van der Waals surface area (Å²) >= 11 is 0. The van der Waals surface area contributed by atoms with Crippen LogP contribution in [0.5, 0.6) is 0 Å². The third-order valence-electron chi connectivity index (χ3n) is 2.72. The van der Waals surface area contributed by atoms with Crippen LogP contribution in [-0.4, -0.2) is 29.9 Å². The van der Waals surface area contributed by atoms with Crippen LogP contribution in [-0.2, 0) is 9.53 Å². The first kappa shape index (κ1) is 16.1. The summed E-state index contributed by atoms with van der Waals surface area (Å²) in [6.45, 7) is 5.31. The standard InChI is InChI=1S/C15H20FNO3/c1-15(2,3)20-14(19)17(4)13(9-10-18)11-5-7-12(16)8-6-11/h5-8,10,13H,9H2,1-4H3. The van der Waals surface area contributed by atoms with Crippen LogP contribution >= 0.6 is 0 Å². The van der Waals surface area contributed by atoms with E-state index in [0.29, 0.717) is 5.56 Å². The fourth-order valence-electron chi connectivity index (χ4n) is 1.76. The number of aldehydes is 1. The van der Waals surface area contributed by atoms with E-state index < -0.39 is 17.7 Å². The topological polar surface area (TPSA) is 46.6 Å². The van der Waals surface area contributed by atoms with Crippen LogP contribution in [0.1, 0.15) is 38.8 Å². The lowest BCUT2D eigenvalue weighted by Crippen LogP contribution is -2.36. The van der Waals surface area contributed by atoms with Crippen LogP contribution in [0.2, 0.25) is 0 Å². The fourth-order valence-corrected chi connectivity index (χ4v) is 1.76. The van der Waals surface area contributed by atoms with Gasteiger partial charge in [-0.05, 0) is 38.5 Å². The molecule has 0 saturated heterocycles. The van der Waals surface area contributed by atoms with E-state index in [4.69, 9.17) is 4.74 Å². The first-order valence-corrected chi connectivity index (χ1v) is 6.39. The number of carbonyl (C=O) groups excluding carboxylic acids is 2. The Labute approximate surface area is 118 Å². The molecule has 0 saturated carbocycles. The molecule has 1 rings (SSSR count). The fraction of sp³-hybridized carbons (Fsp3) is 0.467. The van der Waals surface area contributed by atoms with E-state index in [0.717, 1.165) is 6.29 Å². The SMILES string of the molecule is CN(C(=O)OC(C)(C)C)C(CC=O)c1ccc(F)cc1. The van der Waals surface area contributed by atoms with Gasteiger partial charge in [0, 0.05) is 13.5 Å². The van der Waals surface area contributed by atoms with Gasteiger partial charge in [0.1, 0.15) is 17.7 Å². The van der Waals surface area contributed by atoms with Crippen molar-refractivity contribution in [3.8, 4) is 0 Å². The van der Waals surface area contributed by atoms with Crippen LogP contribution in [0.3, 0.4) is 0 Å². The Morgan fingerprint density at radius 3 is 2.35 bits per heavy atom. The number of halogens is 1. The molecule has 1 aromatic rings. The minimum absolute atomic E-state index is 0.126. The highest BCUT2D eigenvalue weighted by Crippen LogP contribution is 2.24. The predicted molar refractivity (Wildman–Crippen MR) is 73.8 cm³/mol. The Balaban J connectivity index is 2.92. The smallest absolute Gasteiger partial charge is 0.410 e. The summed E-state index contributed by atoms with van der Waals surface area (Å²) in [5.74, 6) is -0.362. The molecule has 0 aliphatic carbocycles. The van der Waals surface area contributed by atoms with Crippen LogP contribution < -0.4 is 0 Å². The molecular weight excluding hydrogens is 261 g/mol. The lowest BCUT2D eigenvalue weighted by atomic mass is 10.0. The number of rotatable bonds is 4. The van der Waals surface area contributed by atoms with Crippen LogP contribution in [0.15, 0.2) is 24.3 Å². The zero-order chi connectivity index (χ0) is 15.3. The molecule has 0 aromatic heterocycles. The lowest BCUT2D eigenvalue weighted by Gasteiger charge is -2.30. The van der Waals surface area contributed by atoms with Gasteiger partial charge in [0.05, 0.1) is 6.04 Å². The monoisotopic (exact) mass is 281 g/mol. The van der Waals surface area contributed by atoms with Gasteiger partial charge in [-0.2, -0.15) is 0 Å². The molecule has 1 unspecified atom stereocenters. The van der Waals surface area contributed by atoms with E-state index in [1.165, 1.54) is 17.0 Å². The van der Waals surface area contributed by atoms with Gasteiger partial charge in [0.15, 0.2) is 0 Å².